The standard InChI is InChI=1S/C9H19NO2/c1-8(2)7-12-10-9-3-5-11-6-4-9/h8-10H,3-7H2,1-2H3. The zero-order chi connectivity index (χ0) is 8.81. The maximum atomic E-state index is 5.33. The first-order valence-corrected chi connectivity index (χ1v) is 4.74. The van der Waals surface area contributed by atoms with E-state index in [1.807, 2.05) is 0 Å². The molecule has 0 aromatic carbocycles. The maximum absolute atomic E-state index is 5.33. The third-order valence-electron chi connectivity index (χ3n) is 1.89. The van der Waals surface area contributed by atoms with Crippen molar-refractivity contribution in [1.29, 1.82) is 0 Å². The van der Waals surface area contributed by atoms with Gasteiger partial charge in [-0.25, -0.2) is 0 Å². The van der Waals surface area contributed by atoms with Gasteiger partial charge in [-0.05, 0) is 18.8 Å². The highest BCUT2D eigenvalue weighted by Gasteiger charge is 2.12. The molecule has 1 aliphatic rings. The fourth-order valence-corrected chi connectivity index (χ4v) is 1.15. The number of hydrogen-bond acceptors (Lipinski definition) is 3. The second kappa shape index (κ2) is 5.51. The molecule has 0 aliphatic carbocycles. The predicted octanol–water partition coefficient (Wildman–Crippen LogP) is 1.34. The van der Waals surface area contributed by atoms with Gasteiger partial charge in [-0.3, -0.25) is 0 Å². The Morgan fingerprint density at radius 1 is 1.42 bits per heavy atom. The van der Waals surface area contributed by atoms with Gasteiger partial charge in [0.1, 0.15) is 0 Å². The average Bonchev–Trinajstić information content (AvgIpc) is 2.05. The Kier molecular flexibility index (Phi) is 4.58. The van der Waals surface area contributed by atoms with E-state index in [0.29, 0.717) is 12.0 Å². The molecular weight excluding hydrogens is 154 g/mol. The molecule has 12 heavy (non-hydrogen) atoms. The van der Waals surface area contributed by atoms with E-state index in [1.165, 1.54) is 0 Å². The van der Waals surface area contributed by atoms with Crippen LogP contribution in [-0.2, 0) is 9.57 Å². The minimum Gasteiger partial charge on any atom is -0.381 e. The van der Waals surface area contributed by atoms with Crippen LogP contribution in [0.15, 0.2) is 0 Å². The van der Waals surface area contributed by atoms with Crippen LogP contribution in [0.2, 0.25) is 0 Å². The Hall–Kier alpha value is -0.120. The third-order valence-corrected chi connectivity index (χ3v) is 1.89. The largest absolute Gasteiger partial charge is 0.381 e. The van der Waals surface area contributed by atoms with Crippen LogP contribution in [0.25, 0.3) is 0 Å². The highest BCUT2D eigenvalue weighted by molar-refractivity contribution is 4.65. The van der Waals surface area contributed by atoms with Gasteiger partial charge in [-0.2, -0.15) is 5.48 Å². The van der Waals surface area contributed by atoms with Gasteiger partial charge in [0.05, 0.1) is 6.61 Å². The van der Waals surface area contributed by atoms with E-state index in [1.54, 1.807) is 0 Å². The van der Waals surface area contributed by atoms with Gasteiger partial charge in [-0.1, -0.05) is 13.8 Å². The molecule has 1 fully saturated rings. The van der Waals surface area contributed by atoms with E-state index in [2.05, 4.69) is 19.3 Å². The number of nitrogens with one attached hydrogen (secondary N) is 1. The Bertz CT molecular complexity index is 111. The summed E-state index contributed by atoms with van der Waals surface area (Å²) in [6.07, 6.45) is 2.14. The lowest BCUT2D eigenvalue weighted by atomic mass is 10.1. The van der Waals surface area contributed by atoms with Gasteiger partial charge in [-0.15, -0.1) is 0 Å². The van der Waals surface area contributed by atoms with Gasteiger partial charge in [0, 0.05) is 19.3 Å². The van der Waals surface area contributed by atoms with E-state index in [-0.39, 0.29) is 0 Å². The van der Waals surface area contributed by atoms with Crippen LogP contribution < -0.4 is 5.48 Å². The molecular formula is C9H19NO2. The Morgan fingerprint density at radius 3 is 2.67 bits per heavy atom. The number of rotatable bonds is 4. The fraction of sp³-hybridized carbons (Fsp3) is 1.00. The van der Waals surface area contributed by atoms with Gasteiger partial charge < -0.3 is 9.57 Å². The molecule has 1 aliphatic heterocycles. The highest BCUT2D eigenvalue weighted by Crippen LogP contribution is 2.06. The molecule has 1 saturated heterocycles. The molecule has 0 aromatic rings. The Morgan fingerprint density at radius 2 is 2.08 bits per heavy atom. The molecule has 3 heteroatoms. The molecule has 1 N–H and O–H groups in total. The summed E-state index contributed by atoms with van der Waals surface area (Å²) in [5.41, 5.74) is 3.07. The molecule has 3 nitrogen and oxygen atoms in total. The van der Waals surface area contributed by atoms with Crippen LogP contribution in [0.3, 0.4) is 0 Å². The Balaban J connectivity index is 1.98. The summed E-state index contributed by atoms with van der Waals surface area (Å²) in [7, 11) is 0. The van der Waals surface area contributed by atoms with Crippen molar-refractivity contribution in [3.63, 3.8) is 0 Å². The van der Waals surface area contributed by atoms with Crippen LogP contribution in [0.1, 0.15) is 26.7 Å². The molecule has 72 valence electrons. The molecule has 0 unspecified atom stereocenters. The van der Waals surface area contributed by atoms with Crippen LogP contribution in [0.5, 0.6) is 0 Å². The van der Waals surface area contributed by atoms with Crippen molar-refractivity contribution in [1.82, 2.24) is 5.48 Å². The van der Waals surface area contributed by atoms with Crippen LogP contribution in [0, 0.1) is 5.92 Å². The molecule has 0 saturated carbocycles. The van der Waals surface area contributed by atoms with Gasteiger partial charge in [0.25, 0.3) is 0 Å². The summed E-state index contributed by atoms with van der Waals surface area (Å²) in [6, 6.07) is 0.498. The molecule has 0 radical (unpaired) electrons. The lowest BCUT2D eigenvalue weighted by molar-refractivity contribution is -0.0307. The first-order chi connectivity index (χ1) is 5.79. The van der Waals surface area contributed by atoms with Crippen molar-refractivity contribution < 1.29 is 9.57 Å². The molecule has 0 amide bonds. The van der Waals surface area contributed by atoms with E-state index in [4.69, 9.17) is 9.57 Å². The fourth-order valence-electron chi connectivity index (χ4n) is 1.15. The summed E-state index contributed by atoms with van der Waals surface area (Å²) in [4.78, 5) is 5.33. The monoisotopic (exact) mass is 173 g/mol. The van der Waals surface area contributed by atoms with Gasteiger partial charge in [0.2, 0.25) is 0 Å². The molecule has 1 rings (SSSR count). The molecule has 1 heterocycles. The minimum atomic E-state index is 0.498. The first kappa shape index (κ1) is 9.96. The van der Waals surface area contributed by atoms with Crippen molar-refractivity contribution in [2.24, 2.45) is 5.92 Å². The summed E-state index contributed by atoms with van der Waals surface area (Å²) in [5, 5.41) is 0. The van der Waals surface area contributed by atoms with Crippen molar-refractivity contribution in [3.05, 3.63) is 0 Å². The normalized spacial score (nSPS) is 20.2. The first-order valence-electron chi connectivity index (χ1n) is 4.74. The number of ether oxygens (including phenoxy) is 1. The van der Waals surface area contributed by atoms with E-state index < -0.39 is 0 Å². The number of hydroxylamine groups is 1. The molecule has 0 aromatic heterocycles. The van der Waals surface area contributed by atoms with Crippen LogP contribution in [-0.4, -0.2) is 25.9 Å². The summed E-state index contributed by atoms with van der Waals surface area (Å²) in [6.45, 7) is 6.81. The van der Waals surface area contributed by atoms with Crippen molar-refractivity contribution in [3.8, 4) is 0 Å². The van der Waals surface area contributed by atoms with Crippen LogP contribution in [0.4, 0.5) is 0 Å². The van der Waals surface area contributed by atoms with E-state index in [9.17, 15) is 0 Å². The van der Waals surface area contributed by atoms with Gasteiger partial charge in [0.15, 0.2) is 0 Å². The van der Waals surface area contributed by atoms with Crippen LogP contribution >= 0.6 is 0 Å². The summed E-state index contributed by atoms with van der Waals surface area (Å²) < 4.78 is 5.23. The van der Waals surface area contributed by atoms with Gasteiger partial charge >= 0.3 is 0 Å². The predicted molar refractivity (Wildman–Crippen MR) is 47.8 cm³/mol. The van der Waals surface area contributed by atoms with Crippen molar-refractivity contribution in [2.45, 2.75) is 32.7 Å². The Labute approximate surface area is 74.4 Å². The molecule has 0 atom stereocenters. The van der Waals surface area contributed by atoms with E-state index in [0.717, 1.165) is 32.7 Å². The second-order valence-corrected chi connectivity index (χ2v) is 3.71. The summed E-state index contributed by atoms with van der Waals surface area (Å²) >= 11 is 0. The summed E-state index contributed by atoms with van der Waals surface area (Å²) in [5.74, 6) is 0.595. The molecule has 0 spiro atoms. The highest BCUT2D eigenvalue weighted by atomic mass is 16.6. The zero-order valence-corrected chi connectivity index (χ0v) is 8.01. The van der Waals surface area contributed by atoms with Crippen molar-refractivity contribution >= 4 is 0 Å². The topological polar surface area (TPSA) is 30.5 Å². The lowest BCUT2D eigenvalue weighted by Crippen LogP contribution is -2.35. The molecule has 0 bridgehead atoms. The SMILES string of the molecule is CC(C)CONC1CCOCC1. The average molecular weight is 173 g/mol. The smallest absolute Gasteiger partial charge is 0.0705 e. The second-order valence-electron chi connectivity index (χ2n) is 3.71. The minimum absolute atomic E-state index is 0.498. The number of hydrogen-bond donors (Lipinski definition) is 1. The quantitative estimate of drug-likeness (QED) is 0.651. The maximum Gasteiger partial charge on any atom is 0.0705 e. The zero-order valence-electron chi connectivity index (χ0n) is 8.01. The van der Waals surface area contributed by atoms with Crippen molar-refractivity contribution in [2.75, 3.05) is 19.8 Å². The third kappa shape index (κ3) is 4.04. The van der Waals surface area contributed by atoms with E-state index >= 15 is 0 Å². The lowest BCUT2D eigenvalue weighted by Gasteiger charge is -2.23.